The first-order valence-corrected chi connectivity index (χ1v) is 13.5. The quantitative estimate of drug-likeness (QED) is 0.528. The molecule has 0 saturated heterocycles. The maximum atomic E-state index is 13.3. The molecule has 0 aromatic carbocycles. The van der Waals surface area contributed by atoms with Crippen molar-refractivity contribution in [2.45, 2.75) is 44.3 Å². The lowest BCUT2D eigenvalue weighted by Gasteiger charge is -2.41. The SMILES string of the molecule is CN1CCc2nc(C(=O)N[C@@H]3C[C@@H](C(=O)N(C)C)CC[C@@H]3N(C(=O)C(N)=O)c3ncc(Cl)s3)sc2C1. The summed E-state index contributed by atoms with van der Waals surface area (Å²) in [5.41, 5.74) is 6.28. The number of thiazole rings is 2. The third-order valence-electron chi connectivity index (χ3n) is 6.47. The fraction of sp³-hybridized carbons (Fsp3) is 0.545. The van der Waals surface area contributed by atoms with Crippen LogP contribution in [0.2, 0.25) is 4.34 Å². The van der Waals surface area contributed by atoms with Gasteiger partial charge in [0.2, 0.25) is 5.91 Å². The van der Waals surface area contributed by atoms with Crippen LogP contribution in [0.3, 0.4) is 0 Å². The maximum Gasteiger partial charge on any atom is 0.318 e. The zero-order chi connectivity index (χ0) is 26.1. The number of likely N-dealkylation sites (N-methyl/N-ethyl adjacent to an activating group) is 1. The molecule has 1 fully saturated rings. The van der Waals surface area contributed by atoms with Gasteiger partial charge in [0.1, 0.15) is 4.34 Å². The Morgan fingerprint density at radius 3 is 2.61 bits per heavy atom. The van der Waals surface area contributed by atoms with E-state index in [0.717, 1.165) is 41.4 Å². The molecule has 0 bridgehead atoms. The van der Waals surface area contributed by atoms with Crippen molar-refractivity contribution in [3.63, 3.8) is 0 Å². The van der Waals surface area contributed by atoms with E-state index in [1.54, 1.807) is 14.1 Å². The van der Waals surface area contributed by atoms with Crippen LogP contribution in [0, 0.1) is 5.92 Å². The molecule has 11 nitrogen and oxygen atoms in total. The molecule has 0 spiro atoms. The average Bonchev–Trinajstić information content (AvgIpc) is 3.45. The third-order valence-corrected chi connectivity index (χ3v) is 8.66. The molecule has 0 unspecified atom stereocenters. The monoisotopic (exact) mass is 553 g/mol. The second-order valence-electron chi connectivity index (χ2n) is 9.25. The smallest absolute Gasteiger partial charge is 0.318 e. The summed E-state index contributed by atoms with van der Waals surface area (Å²) in [6.07, 6.45) is 3.25. The van der Waals surface area contributed by atoms with Crippen molar-refractivity contribution in [2.24, 2.45) is 11.7 Å². The molecule has 2 aromatic rings. The van der Waals surface area contributed by atoms with Gasteiger partial charge in [-0.1, -0.05) is 22.9 Å². The largest absolute Gasteiger partial charge is 0.361 e. The van der Waals surface area contributed by atoms with Crippen LogP contribution in [0.5, 0.6) is 0 Å². The number of nitrogens with one attached hydrogen (secondary N) is 1. The molecule has 4 rings (SSSR count). The molecule has 14 heteroatoms. The Kier molecular flexibility index (Phi) is 7.93. The number of halogens is 1. The van der Waals surface area contributed by atoms with Crippen molar-refractivity contribution in [1.29, 1.82) is 0 Å². The van der Waals surface area contributed by atoms with E-state index >= 15 is 0 Å². The molecule has 36 heavy (non-hydrogen) atoms. The number of amides is 4. The Bertz CT molecular complexity index is 1180. The fourth-order valence-electron chi connectivity index (χ4n) is 4.71. The molecule has 2 aliphatic rings. The predicted molar refractivity (Wildman–Crippen MR) is 137 cm³/mol. The van der Waals surface area contributed by atoms with Crippen molar-refractivity contribution in [1.82, 2.24) is 25.1 Å². The Balaban J connectivity index is 1.64. The number of primary amides is 1. The molecule has 0 radical (unpaired) electrons. The van der Waals surface area contributed by atoms with Gasteiger partial charge in [-0.25, -0.2) is 9.97 Å². The molecule has 1 saturated carbocycles. The van der Waals surface area contributed by atoms with Crippen LogP contribution < -0.4 is 16.0 Å². The molecular weight excluding hydrogens is 526 g/mol. The second-order valence-corrected chi connectivity index (χ2v) is 12.0. The number of fused-ring (bicyclic) bond motifs is 1. The Morgan fingerprint density at radius 2 is 1.97 bits per heavy atom. The lowest BCUT2D eigenvalue weighted by Crippen LogP contribution is -2.59. The number of carbonyl (C=O) groups is 4. The van der Waals surface area contributed by atoms with E-state index in [-0.39, 0.29) is 29.3 Å². The summed E-state index contributed by atoms with van der Waals surface area (Å²) in [5, 5.41) is 3.54. The van der Waals surface area contributed by atoms with Crippen LogP contribution in [0.1, 0.15) is 39.6 Å². The van der Waals surface area contributed by atoms with E-state index in [0.29, 0.717) is 22.2 Å². The zero-order valence-corrected chi connectivity index (χ0v) is 22.6. The summed E-state index contributed by atoms with van der Waals surface area (Å²) in [4.78, 5) is 65.6. The average molecular weight is 554 g/mol. The van der Waals surface area contributed by atoms with Gasteiger partial charge in [0.25, 0.3) is 5.91 Å². The number of aromatic nitrogens is 2. The van der Waals surface area contributed by atoms with E-state index in [1.807, 2.05) is 7.05 Å². The molecular formula is C22H28ClN7O4S2. The number of anilines is 1. The summed E-state index contributed by atoms with van der Waals surface area (Å²) < 4.78 is 0.336. The van der Waals surface area contributed by atoms with E-state index in [4.69, 9.17) is 17.3 Å². The normalized spacial score (nSPS) is 21.9. The van der Waals surface area contributed by atoms with Crippen LogP contribution in [0.25, 0.3) is 0 Å². The predicted octanol–water partition coefficient (Wildman–Crippen LogP) is 1.11. The van der Waals surface area contributed by atoms with Crippen molar-refractivity contribution in [2.75, 3.05) is 32.6 Å². The minimum atomic E-state index is -1.14. The van der Waals surface area contributed by atoms with Gasteiger partial charge in [-0.15, -0.1) is 11.3 Å². The molecule has 2 aromatic heterocycles. The van der Waals surface area contributed by atoms with Crippen molar-refractivity contribution >= 4 is 63.0 Å². The van der Waals surface area contributed by atoms with E-state index in [1.165, 1.54) is 27.3 Å². The van der Waals surface area contributed by atoms with Gasteiger partial charge in [-0.2, -0.15) is 0 Å². The summed E-state index contributed by atoms with van der Waals surface area (Å²) in [6, 6.07) is -1.29. The minimum Gasteiger partial charge on any atom is -0.361 e. The molecule has 3 atom stereocenters. The second kappa shape index (κ2) is 10.8. The number of carbonyl (C=O) groups excluding carboxylic acids is 4. The van der Waals surface area contributed by atoms with Gasteiger partial charge in [0.05, 0.1) is 24.0 Å². The van der Waals surface area contributed by atoms with Gasteiger partial charge in [0.15, 0.2) is 10.1 Å². The van der Waals surface area contributed by atoms with Gasteiger partial charge in [-0.05, 0) is 26.3 Å². The zero-order valence-electron chi connectivity index (χ0n) is 20.2. The van der Waals surface area contributed by atoms with Gasteiger partial charge in [-0.3, -0.25) is 24.1 Å². The molecule has 3 N–H and O–H groups in total. The highest BCUT2D eigenvalue weighted by atomic mass is 35.5. The molecule has 4 amide bonds. The van der Waals surface area contributed by atoms with E-state index in [9.17, 15) is 19.2 Å². The van der Waals surface area contributed by atoms with Crippen LogP contribution in [-0.2, 0) is 27.3 Å². The highest BCUT2D eigenvalue weighted by Crippen LogP contribution is 2.35. The van der Waals surface area contributed by atoms with Crippen LogP contribution in [0.15, 0.2) is 6.20 Å². The molecule has 1 aliphatic carbocycles. The first-order chi connectivity index (χ1) is 17.0. The number of nitrogens with zero attached hydrogens (tertiary/aromatic N) is 5. The van der Waals surface area contributed by atoms with Crippen molar-refractivity contribution in [3.8, 4) is 0 Å². The lowest BCUT2D eigenvalue weighted by atomic mass is 9.80. The highest BCUT2D eigenvalue weighted by molar-refractivity contribution is 7.19. The maximum absolute atomic E-state index is 13.3. The summed E-state index contributed by atoms with van der Waals surface area (Å²) in [6.45, 7) is 1.61. The Labute approximate surface area is 221 Å². The fourth-order valence-corrected chi connectivity index (χ4v) is 6.76. The Hall–Kier alpha value is -2.61. The summed E-state index contributed by atoms with van der Waals surface area (Å²) in [7, 11) is 5.38. The molecule has 1 aliphatic heterocycles. The first-order valence-electron chi connectivity index (χ1n) is 11.5. The van der Waals surface area contributed by atoms with Gasteiger partial charge in [0, 0.05) is 44.4 Å². The first kappa shape index (κ1) is 26.5. The number of hydrogen-bond acceptors (Lipinski definition) is 9. The molecule has 194 valence electrons. The van der Waals surface area contributed by atoms with Crippen molar-refractivity contribution < 1.29 is 19.2 Å². The summed E-state index contributed by atoms with van der Waals surface area (Å²) >= 11 is 8.44. The minimum absolute atomic E-state index is 0.0643. The van der Waals surface area contributed by atoms with Crippen LogP contribution in [-0.4, -0.2) is 83.2 Å². The van der Waals surface area contributed by atoms with Crippen molar-refractivity contribution in [3.05, 3.63) is 26.1 Å². The van der Waals surface area contributed by atoms with E-state index < -0.39 is 23.9 Å². The summed E-state index contributed by atoms with van der Waals surface area (Å²) in [5.74, 6) is -2.89. The standard InChI is InChI=1S/C22H28ClN7O4S2/c1-28(2)20(33)11-4-5-14(30(21(34)17(24)31)22-25-9-16(23)36-22)13(8-11)26-18(32)19-27-12-6-7-29(3)10-15(12)35-19/h9,11,13-14H,4-8,10H2,1-3H3,(H2,24,31)(H,26,32)/t11-,13+,14-/m0/s1. The lowest BCUT2D eigenvalue weighted by molar-refractivity contribution is -0.136. The topological polar surface area (TPSA) is 142 Å². The Morgan fingerprint density at radius 1 is 1.22 bits per heavy atom. The third kappa shape index (κ3) is 5.53. The van der Waals surface area contributed by atoms with Gasteiger partial charge < -0.3 is 20.9 Å². The number of nitrogens with two attached hydrogens (primary N) is 1. The van der Waals surface area contributed by atoms with Crippen LogP contribution >= 0.6 is 34.3 Å². The molecule has 3 heterocycles. The number of rotatable bonds is 5. The van der Waals surface area contributed by atoms with Crippen LogP contribution in [0.4, 0.5) is 5.13 Å². The highest BCUT2D eigenvalue weighted by Gasteiger charge is 2.42. The van der Waals surface area contributed by atoms with Gasteiger partial charge >= 0.3 is 11.8 Å². The van der Waals surface area contributed by atoms with E-state index in [2.05, 4.69) is 20.2 Å². The number of hydrogen-bond donors (Lipinski definition) is 2.